The van der Waals surface area contributed by atoms with Crippen LogP contribution in [0.1, 0.15) is 23.2 Å². The first kappa shape index (κ1) is 9.87. The van der Waals surface area contributed by atoms with E-state index in [9.17, 15) is 4.79 Å². The highest BCUT2D eigenvalue weighted by Crippen LogP contribution is 2.15. The molecule has 0 aromatic heterocycles. The summed E-state index contributed by atoms with van der Waals surface area (Å²) in [6.07, 6.45) is 2.07. The molecule has 1 atom stereocenters. The van der Waals surface area contributed by atoms with Crippen molar-refractivity contribution in [1.82, 2.24) is 5.32 Å². The fourth-order valence-electron chi connectivity index (χ4n) is 1.72. The lowest BCUT2D eigenvalue weighted by Gasteiger charge is -2.08. The highest BCUT2D eigenvalue weighted by atomic mass is 79.9. The van der Waals surface area contributed by atoms with E-state index in [1.165, 1.54) is 0 Å². The second-order valence-corrected chi connectivity index (χ2v) is 4.44. The van der Waals surface area contributed by atoms with Crippen LogP contribution >= 0.6 is 15.9 Å². The zero-order chi connectivity index (χ0) is 9.97. The molecule has 2 nitrogen and oxygen atoms in total. The molecule has 14 heavy (non-hydrogen) atoms. The molecule has 1 aromatic carbocycles. The first-order valence-electron chi connectivity index (χ1n) is 4.80. The number of nitrogens with one attached hydrogen (secondary N) is 1. The Balaban J connectivity index is 2.14. The van der Waals surface area contributed by atoms with Crippen LogP contribution < -0.4 is 5.32 Å². The molecule has 0 spiro atoms. The van der Waals surface area contributed by atoms with Crippen molar-refractivity contribution in [3.8, 4) is 0 Å². The molecule has 1 aliphatic heterocycles. The summed E-state index contributed by atoms with van der Waals surface area (Å²) in [5, 5.41) is 3.21. The number of benzene rings is 1. The summed E-state index contributed by atoms with van der Waals surface area (Å²) in [4.78, 5) is 11.9. The summed E-state index contributed by atoms with van der Waals surface area (Å²) in [7, 11) is 0. The predicted molar refractivity (Wildman–Crippen MR) is 59.5 cm³/mol. The number of rotatable bonds is 2. The average Bonchev–Trinajstić information content (AvgIpc) is 2.71. The highest BCUT2D eigenvalue weighted by molar-refractivity contribution is 9.10. The number of hydrogen-bond acceptors (Lipinski definition) is 2. The van der Waals surface area contributed by atoms with Crippen molar-refractivity contribution in [2.75, 3.05) is 6.54 Å². The molecule has 1 N–H and O–H groups in total. The van der Waals surface area contributed by atoms with E-state index < -0.39 is 0 Å². The zero-order valence-corrected chi connectivity index (χ0v) is 9.38. The molecule has 0 aliphatic carbocycles. The lowest BCUT2D eigenvalue weighted by Crippen LogP contribution is -2.30. The third kappa shape index (κ3) is 2.04. The highest BCUT2D eigenvalue weighted by Gasteiger charge is 2.22. The minimum Gasteiger partial charge on any atom is -0.307 e. The van der Waals surface area contributed by atoms with E-state index in [2.05, 4.69) is 21.2 Å². The number of Topliss-reactive ketones (excluding diaryl/α,β-unsaturated/α-hetero) is 1. The normalized spacial score (nSPS) is 21.1. The summed E-state index contributed by atoms with van der Waals surface area (Å²) in [5.41, 5.74) is 0.799. The Hall–Kier alpha value is -0.670. The monoisotopic (exact) mass is 253 g/mol. The molecule has 0 bridgehead atoms. The van der Waals surface area contributed by atoms with E-state index in [1.807, 2.05) is 24.3 Å². The van der Waals surface area contributed by atoms with Gasteiger partial charge in [0.25, 0.3) is 0 Å². The van der Waals surface area contributed by atoms with Crippen LogP contribution in [0.2, 0.25) is 0 Å². The van der Waals surface area contributed by atoms with Crippen LogP contribution in [0.3, 0.4) is 0 Å². The Morgan fingerprint density at radius 1 is 1.36 bits per heavy atom. The van der Waals surface area contributed by atoms with Gasteiger partial charge in [0.1, 0.15) is 0 Å². The summed E-state index contributed by atoms with van der Waals surface area (Å²) in [5.74, 6) is 0.218. The summed E-state index contributed by atoms with van der Waals surface area (Å²) in [6.45, 7) is 0.965. The molecule has 1 heterocycles. The number of carbonyl (C=O) groups is 1. The molecule has 0 unspecified atom stereocenters. The first-order valence-corrected chi connectivity index (χ1v) is 5.60. The minimum atomic E-state index is 0.0381. The largest absolute Gasteiger partial charge is 0.307 e. The quantitative estimate of drug-likeness (QED) is 0.821. The van der Waals surface area contributed by atoms with Crippen LogP contribution in [0.15, 0.2) is 28.7 Å². The van der Waals surface area contributed by atoms with Gasteiger partial charge < -0.3 is 5.32 Å². The molecule has 3 heteroatoms. The van der Waals surface area contributed by atoms with Crippen LogP contribution in [0.4, 0.5) is 0 Å². The molecule has 2 rings (SSSR count). The van der Waals surface area contributed by atoms with Crippen molar-refractivity contribution >= 4 is 21.7 Å². The molecule has 0 amide bonds. The van der Waals surface area contributed by atoms with Crippen LogP contribution in [-0.2, 0) is 0 Å². The van der Waals surface area contributed by atoms with Gasteiger partial charge in [0.15, 0.2) is 5.78 Å². The van der Waals surface area contributed by atoms with E-state index in [0.29, 0.717) is 0 Å². The van der Waals surface area contributed by atoms with Crippen LogP contribution in [0.25, 0.3) is 0 Å². The molecule has 74 valence electrons. The van der Waals surface area contributed by atoms with Crippen molar-refractivity contribution in [2.24, 2.45) is 0 Å². The lowest BCUT2D eigenvalue weighted by atomic mass is 10.0. The second-order valence-electron chi connectivity index (χ2n) is 3.52. The Kier molecular flexibility index (Phi) is 2.99. The molecule has 1 saturated heterocycles. The van der Waals surface area contributed by atoms with E-state index in [1.54, 1.807) is 0 Å². The summed E-state index contributed by atoms with van der Waals surface area (Å²) in [6, 6.07) is 7.58. The maximum absolute atomic E-state index is 11.9. The molecular weight excluding hydrogens is 242 g/mol. The summed E-state index contributed by atoms with van der Waals surface area (Å²) >= 11 is 3.35. The SMILES string of the molecule is O=C(c1ccc(Br)cc1)[C@@H]1CCCN1. The fraction of sp³-hybridized carbons (Fsp3) is 0.364. The maximum atomic E-state index is 11.9. The van der Waals surface area contributed by atoms with Gasteiger partial charge in [0, 0.05) is 10.0 Å². The Morgan fingerprint density at radius 3 is 2.64 bits per heavy atom. The molecule has 0 saturated carbocycles. The zero-order valence-electron chi connectivity index (χ0n) is 7.79. The Labute approximate surface area is 91.8 Å². The van der Waals surface area contributed by atoms with Gasteiger partial charge in [0.2, 0.25) is 0 Å². The number of carbonyl (C=O) groups excluding carboxylic acids is 1. The number of halogens is 1. The topological polar surface area (TPSA) is 29.1 Å². The first-order chi connectivity index (χ1) is 6.77. The predicted octanol–water partition coefficient (Wildman–Crippen LogP) is 2.38. The average molecular weight is 254 g/mol. The fourth-order valence-corrected chi connectivity index (χ4v) is 1.99. The van der Waals surface area contributed by atoms with Gasteiger partial charge in [-0.15, -0.1) is 0 Å². The Bertz CT molecular complexity index is 328. The van der Waals surface area contributed by atoms with Crippen LogP contribution in [0, 0.1) is 0 Å². The standard InChI is InChI=1S/C11H12BrNO/c12-9-5-3-8(4-6-9)11(14)10-2-1-7-13-10/h3-6,10,13H,1-2,7H2/t10-/m0/s1. The van der Waals surface area contributed by atoms with Crippen molar-refractivity contribution < 1.29 is 4.79 Å². The van der Waals surface area contributed by atoms with Crippen molar-refractivity contribution in [3.63, 3.8) is 0 Å². The Morgan fingerprint density at radius 2 is 2.07 bits per heavy atom. The molecule has 1 fully saturated rings. The van der Waals surface area contributed by atoms with Gasteiger partial charge in [-0.25, -0.2) is 0 Å². The molecule has 0 radical (unpaired) electrons. The van der Waals surface area contributed by atoms with Crippen LogP contribution in [-0.4, -0.2) is 18.4 Å². The lowest BCUT2D eigenvalue weighted by molar-refractivity contribution is 0.0952. The molecule has 1 aromatic rings. The van der Waals surface area contributed by atoms with E-state index in [-0.39, 0.29) is 11.8 Å². The van der Waals surface area contributed by atoms with E-state index in [4.69, 9.17) is 0 Å². The van der Waals surface area contributed by atoms with Gasteiger partial charge >= 0.3 is 0 Å². The molecule has 1 aliphatic rings. The second kappa shape index (κ2) is 4.24. The van der Waals surface area contributed by atoms with E-state index >= 15 is 0 Å². The van der Waals surface area contributed by atoms with Crippen molar-refractivity contribution in [3.05, 3.63) is 34.3 Å². The third-order valence-electron chi connectivity index (χ3n) is 2.51. The van der Waals surface area contributed by atoms with E-state index in [0.717, 1.165) is 29.4 Å². The van der Waals surface area contributed by atoms with Gasteiger partial charge in [-0.3, -0.25) is 4.79 Å². The maximum Gasteiger partial charge on any atom is 0.179 e. The smallest absolute Gasteiger partial charge is 0.179 e. The molecular formula is C11H12BrNO. The number of ketones is 1. The van der Waals surface area contributed by atoms with Gasteiger partial charge in [0.05, 0.1) is 6.04 Å². The van der Waals surface area contributed by atoms with Gasteiger partial charge in [-0.05, 0) is 31.5 Å². The van der Waals surface area contributed by atoms with Gasteiger partial charge in [-0.2, -0.15) is 0 Å². The van der Waals surface area contributed by atoms with Crippen molar-refractivity contribution in [1.29, 1.82) is 0 Å². The summed E-state index contributed by atoms with van der Waals surface area (Å²) < 4.78 is 1.01. The van der Waals surface area contributed by atoms with Gasteiger partial charge in [-0.1, -0.05) is 28.1 Å². The number of hydrogen-bond donors (Lipinski definition) is 1. The van der Waals surface area contributed by atoms with Crippen molar-refractivity contribution in [2.45, 2.75) is 18.9 Å². The minimum absolute atomic E-state index is 0.0381. The van der Waals surface area contributed by atoms with Crippen LogP contribution in [0.5, 0.6) is 0 Å². The third-order valence-corrected chi connectivity index (χ3v) is 3.03.